The van der Waals surface area contributed by atoms with Crippen LogP contribution in [-0.2, 0) is 6.54 Å². The fourth-order valence-corrected chi connectivity index (χ4v) is 4.11. The molecule has 1 aromatic heterocycles. The van der Waals surface area contributed by atoms with E-state index >= 15 is 0 Å². The zero-order valence-corrected chi connectivity index (χ0v) is 11.4. The first-order valence-electron chi connectivity index (χ1n) is 6.69. The Morgan fingerprint density at radius 1 is 1.00 bits per heavy atom. The third-order valence-electron chi connectivity index (χ3n) is 3.88. The predicted octanol–water partition coefficient (Wildman–Crippen LogP) is 4.14. The zero-order valence-electron chi connectivity index (χ0n) is 10.6. The fourth-order valence-electron chi connectivity index (χ4n) is 2.92. The molecule has 0 radical (unpaired) electrons. The van der Waals surface area contributed by atoms with E-state index in [9.17, 15) is 0 Å². The number of benzene rings is 2. The van der Waals surface area contributed by atoms with Gasteiger partial charge in [-0.1, -0.05) is 42.5 Å². The molecule has 2 heterocycles. The second-order valence-corrected chi connectivity index (χ2v) is 6.18. The molecule has 0 fully saturated rings. The monoisotopic (exact) mass is 265 g/mol. The molecule has 19 heavy (non-hydrogen) atoms. The van der Waals surface area contributed by atoms with Crippen LogP contribution in [0.2, 0.25) is 0 Å². The first kappa shape index (κ1) is 11.2. The van der Waals surface area contributed by atoms with Gasteiger partial charge in [-0.25, -0.2) is 0 Å². The van der Waals surface area contributed by atoms with Gasteiger partial charge in [0.2, 0.25) is 0 Å². The largest absolute Gasteiger partial charge is 0.312 e. The molecule has 1 N–H and O–H groups in total. The van der Waals surface area contributed by atoms with Crippen LogP contribution in [0.5, 0.6) is 0 Å². The highest BCUT2D eigenvalue weighted by atomic mass is 32.1. The van der Waals surface area contributed by atoms with Gasteiger partial charge in [0.1, 0.15) is 0 Å². The molecule has 0 aliphatic carbocycles. The van der Waals surface area contributed by atoms with Crippen molar-refractivity contribution in [2.75, 3.05) is 6.54 Å². The van der Waals surface area contributed by atoms with Crippen LogP contribution >= 0.6 is 11.3 Å². The summed E-state index contributed by atoms with van der Waals surface area (Å²) in [5.74, 6) is 0.502. The van der Waals surface area contributed by atoms with Gasteiger partial charge in [-0.05, 0) is 28.6 Å². The average molecular weight is 265 g/mol. The normalized spacial score (nSPS) is 18.4. The van der Waals surface area contributed by atoms with Crippen LogP contribution in [0.25, 0.3) is 10.1 Å². The van der Waals surface area contributed by atoms with Crippen molar-refractivity contribution >= 4 is 21.4 Å². The van der Waals surface area contributed by atoms with Crippen molar-refractivity contribution < 1.29 is 0 Å². The number of hydrogen-bond acceptors (Lipinski definition) is 2. The minimum Gasteiger partial charge on any atom is -0.312 e. The summed E-state index contributed by atoms with van der Waals surface area (Å²) in [6, 6.07) is 19.8. The Labute approximate surface area is 116 Å². The Kier molecular flexibility index (Phi) is 2.64. The molecule has 94 valence electrons. The molecule has 1 aliphatic heterocycles. The van der Waals surface area contributed by atoms with E-state index in [0.29, 0.717) is 5.92 Å². The van der Waals surface area contributed by atoms with Crippen LogP contribution < -0.4 is 5.32 Å². The van der Waals surface area contributed by atoms with Gasteiger partial charge < -0.3 is 5.32 Å². The lowest BCUT2D eigenvalue weighted by molar-refractivity contribution is 0.596. The zero-order chi connectivity index (χ0) is 12.7. The minimum atomic E-state index is 0.502. The minimum absolute atomic E-state index is 0.502. The quantitative estimate of drug-likeness (QED) is 0.697. The van der Waals surface area contributed by atoms with Crippen LogP contribution in [0.15, 0.2) is 54.6 Å². The smallest absolute Gasteiger partial charge is 0.0345 e. The third kappa shape index (κ3) is 1.88. The molecule has 0 unspecified atom stereocenters. The van der Waals surface area contributed by atoms with E-state index in [0.717, 1.165) is 13.1 Å². The van der Waals surface area contributed by atoms with Gasteiger partial charge in [0, 0.05) is 28.6 Å². The molecule has 1 aliphatic rings. The lowest BCUT2D eigenvalue weighted by Crippen LogP contribution is -2.28. The Morgan fingerprint density at radius 3 is 2.79 bits per heavy atom. The SMILES string of the molecule is c1ccc2c(c1)CNC[C@H]2c1cc2ccccc2s1. The summed E-state index contributed by atoms with van der Waals surface area (Å²) in [4.78, 5) is 1.47. The van der Waals surface area contributed by atoms with Crippen LogP contribution in [0.1, 0.15) is 21.9 Å². The van der Waals surface area contributed by atoms with Crippen LogP contribution in [0.4, 0.5) is 0 Å². The Bertz CT molecular complexity index is 696. The van der Waals surface area contributed by atoms with Gasteiger partial charge in [-0.2, -0.15) is 0 Å². The van der Waals surface area contributed by atoms with Crippen LogP contribution in [0.3, 0.4) is 0 Å². The Morgan fingerprint density at radius 2 is 1.84 bits per heavy atom. The number of rotatable bonds is 1. The van der Waals surface area contributed by atoms with E-state index in [1.807, 2.05) is 11.3 Å². The number of nitrogens with one attached hydrogen (secondary N) is 1. The maximum atomic E-state index is 3.54. The highest BCUT2D eigenvalue weighted by Crippen LogP contribution is 2.36. The topological polar surface area (TPSA) is 12.0 Å². The summed E-state index contributed by atoms with van der Waals surface area (Å²) < 4.78 is 1.39. The molecule has 1 nitrogen and oxygen atoms in total. The van der Waals surface area contributed by atoms with E-state index in [1.165, 1.54) is 26.1 Å². The molecule has 2 aromatic carbocycles. The lowest BCUT2D eigenvalue weighted by Gasteiger charge is -2.25. The molecule has 2 heteroatoms. The summed E-state index contributed by atoms with van der Waals surface area (Å²) in [6.07, 6.45) is 0. The van der Waals surface area contributed by atoms with Gasteiger partial charge in [-0.15, -0.1) is 11.3 Å². The number of thiophene rings is 1. The van der Waals surface area contributed by atoms with Gasteiger partial charge in [-0.3, -0.25) is 0 Å². The molecular formula is C17H15NS. The highest BCUT2D eigenvalue weighted by Gasteiger charge is 2.22. The molecule has 3 aromatic rings. The predicted molar refractivity (Wildman–Crippen MR) is 81.8 cm³/mol. The first-order valence-corrected chi connectivity index (χ1v) is 7.50. The molecule has 0 saturated carbocycles. The first-order chi connectivity index (χ1) is 9.42. The van der Waals surface area contributed by atoms with Gasteiger partial charge in [0.25, 0.3) is 0 Å². The van der Waals surface area contributed by atoms with E-state index in [-0.39, 0.29) is 0 Å². The van der Waals surface area contributed by atoms with Crippen molar-refractivity contribution in [1.29, 1.82) is 0 Å². The molecule has 0 bridgehead atoms. The Hall–Kier alpha value is -1.64. The van der Waals surface area contributed by atoms with Crippen LogP contribution in [0, 0.1) is 0 Å². The van der Waals surface area contributed by atoms with Crippen molar-refractivity contribution in [2.24, 2.45) is 0 Å². The molecule has 0 amide bonds. The van der Waals surface area contributed by atoms with Crippen molar-refractivity contribution in [3.63, 3.8) is 0 Å². The molecular weight excluding hydrogens is 250 g/mol. The number of hydrogen-bond donors (Lipinski definition) is 1. The van der Waals surface area contributed by atoms with E-state index in [2.05, 4.69) is 59.9 Å². The fraction of sp³-hybridized carbons (Fsp3) is 0.176. The van der Waals surface area contributed by atoms with Gasteiger partial charge in [0.05, 0.1) is 0 Å². The maximum absolute atomic E-state index is 3.54. The summed E-state index contributed by atoms with van der Waals surface area (Å²) in [5, 5.41) is 4.91. The van der Waals surface area contributed by atoms with Crippen molar-refractivity contribution in [3.05, 3.63) is 70.6 Å². The van der Waals surface area contributed by atoms with E-state index in [4.69, 9.17) is 0 Å². The molecule has 0 spiro atoms. The second kappa shape index (κ2) is 4.48. The van der Waals surface area contributed by atoms with Crippen molar-refractivity contribution in [2.45, 2.75) is 12.5 Å². The summed E-state index contributed by atoms with van der Waals surface area (Å²) in [6.45, 7) is 2.04. The summed E-state index contributed by atoms with van der Waals surface area (Å²) in [7, 11) is 0. The summed E-state index contributed by atoms with van der Waals surface area (Å²) in [5.41, 5.74) is 2.93. The van der Waals surface area contributed by atoms with Gasteiger partial charge >= 0.3 is 0 Å². The van der Waals surface area contributed by atoms with Crippen LogP contribution in [-0.4, -0.2) is 6.54 Å². The Balaban J connectivity index is 1.85. The highest BCUT2D eigenvalue weighted by molar-refractivity contribution is 7.19. The van der Waals surface area contributed by atoms with Crippen molar-refractivity contribution in [3.8, 4) is 0 Å². The third-order valence-corrected chi connectivity index (χ3v) is 5.11. The van der Waals surface area contributed by atoms with Crippen molar-refractivity contribution in [1.82, 2.24) is 5.32 Å². The van der Waals surface area contributed by atoms with E-state index < -0.39 is 0 Å². The molecule has 0 saturated heterocycles. The van der Waals surface area contributed by atoms with Gasteiger partial charge in [0.15, 0.2) is 0 Å². The summed E-state index contributed by atoms with van der Waals surface area (Å²) >= 11 is 1.93. The standard InChI is InChI=1S/C17H15NS/c1-3-7-14-13(6-1)10-18-11-15(14)17-9-12-5-2-4-8-16(12)19-17/h1-9,15,18H,10-11H2/t15-/m1/s1. The van der Waals surface area contributed by atoms with E-state index in [1.54, 1.807) is 0 Å². The molecule has 4 rings (SSSR count). The maximum Gasteiger partial charge on any atom is 0.0345 e. The second-order valence-electron chi connectivity index (χ2n) is 5.07. The molecule has 1 atom stereocenters. The lowest BCUT2D eigenvalue weighted by atomic mass is 9.89. The number of fused-ring (bicyclic) bond motifs is 2. The average Bonchev–Trinajstić information content (AvgIpc) is 2.90.